The summed E-state index contributed by atoms with van der Waals surface area (Å²) in [5.41, 5.74) is 1.87. The highest BCUT2D eigenvalue weighted by Gasteiger charge is 2.15. The van der Waals surface area contributed by atoms with E-state index in [-0.39, 0.29) is 5.56 Å². The Kier molecular flexibility index (Phi) is 6.07. The van der Waals surface area contributed by atoms with E-state index in [4.69, 9.17) is 5.10 Å². The van der Waals surface area contributed by atoms with E-state index in [9.17, 15) is 4.79 Å². The first-order chi connectivity index (χ1) is 13.0. The third-order valence-electron chi connectivity index (χ3n) is 4.50. The van der Waals surface area contributed by atoms with Crippen LogP contribution >= 0.6 is 0 Å². The predicted molar refractivity (Wildman–Crippen MR) is 113 cm³/mol. The molecule has 3 rings (SSSR count). The van der Waals surface area contributed by atoms with Gasteiger partial charge in [-0.15, -0.1) is 0 Å². The Labute approximate surface area is 161 Å². The lowest BCUT2D eigenvalue weighted by Gasteiger charge is -2.26. The molecular formula is C23H29N3O. The molecule has 0 bridgehead atoms. The molecule has 0 saturated heterocycles. The zero-order valence-corrected chi connectivity index (χ0v) is 16.7. The molecule has 3 aromatic rings. The van der Waals surface area contributed by atoms with E-state index in [1.54, 1.807) is 4.68 Å². The molecule has 1 aromatic heterocycles. The third-order valence-corrected chi connectivity index (χ3v) is 4.50. The highest BCUT2D eigenvalue weighted by atomic mass is 16.1. The number of nitrogens with zero attached hydrogens (tertiary/aromatic N) is 3. The van der Waals surface area contributed by atoms with Gasteiger partial charge in [0.2, 0.25) is 0 Å². The minimum absolute atomic E-state index is 0.0252. The largest absolute Gasteiger partial charge is 0.284 e. The lowest BCUT2D eigenvalue weighted by atomic mass is 10.1. The van der Waals surface area contributed by atoms with E-state index >= 15 is 0 Å². The molecule has 0 spiro atoms. The second-order valence-corrected chi connectivity index (χ2v) is 8.03. The molecular weight excluding hydrogens is 334 g/mol. The van der Waals surface area contributed by atoms with Crippen molar-refractivity contribution >= 4 is 10.8 Å². The van der Waals surface area contributed by atoms with Crippen LogP contribution in [0.2, 0.25) is 0 Å². The number of hydrogen-bond acceptors (Lipinski definition) is 3. The van der Waals surface area contributed by atoms with Crippen molar-refractivity contribution in [3.63, 3.8) is 0 Å². The summed E-state index contributed by atoms with van der Waals surface area (Å²) in [6.45, 7) is 11.2. The molecule has 0 aliphatic rings. The maximum atomic E-state index is 13.1. The molecule has 1 heterocycles. The van der Waals surface area contributed by atoms with Gasteiger partial charge in [-0.05, 0) is 17.9 Å². The van der Waals surface area contributed by atoms with E-state index < -0.39 is 0 Å². The van der Waals surface area contributed by atoms with Gasteiger partial charge >= 0.3 is 0 Å². The van der Waals surface area contributed by atoms with Crippen molar-refractivity contribution in [1.82, 2.24) is 14.7 Å². The van der Waals surface area contributed by atoms with E-state index in [1.165, 1.54) is 0 Å². The fourth-order valence-corrected chi connectivity index (χ4v) is 3.55. The molecule has 0 aliphatic carbocycles. The number of rotatable bonds is 7. The third kappa shape index (κ3) is 4.64. The summed E-state index contributed by atoms with van der Waals surface area (Å²) in [5.74, 6) is 1.07. The number of hydrogen-bond donors (Lipinski definition) is 0. The Balaban J connectivity index is 2.10. The molecule has 0 amide bonds. The molecule has 0 saturated carbocycles. The number of benzene rings is 2. The van der Waals surface area contributed by atoms with Crippen molar-refractivity contribution < 1.29 is 0 Å². The molecule has 0 atom stereocenters. The van der Waals surface area contributed by atoms with Gasteiger partial charge in [0, 0.05) is 24.0 Å². The van der Waals surface area contributed by atoms with Crippen LogP contribution in [0.3, 0.4) is 0 Å². The van der Waals surface area contributed by atoms with Crippen LogP contribution < -0.4 is 5.56 Å². The van der Waals surface area contributed by atoms with E-state index in [0.29, 0.717) is 18.5 Å². The Morgan fingerprint density at radius 3 is 2.00 bits per heavy atom. The Morgan fingerprint density at radius 2 is 1.41 bits per heavy atom. The zero-order valence-electron chi connectivity index (χ0n) is 16.7. The summed E-state index contributed by atoms with van der Waals surface area (Å²) in [6, 6.07) is 17.9. The zero-order chi connectivity index (χ0) is 19.4. The van der Waals surface area contributed by atoms with Gasteiger partial charge in [-0.2, -0.15) is 5.10 Å². The molecule has 0 radical (unpaired) electrons. The summed E-state index contributed by atoms with van der Waals surface area (Å²) in [6.07, 6.45) is 0. The quantitative estimate of drug-likeness (QED) is 0.614. The summed E-state index contributed by atoms with van der Waals surface area (Å²) in [5, 5.41) is 6.42. The Bertz CT molecular complexity index is 935. The molecule has 0 aliphatic heterocycles. The van der Waals surface area contributed by atoms with Crippen molar-refractivity contribution in [2.75, 3.05) is 13.1 Å². The van der Waals surface area contributed by atoms with Crippen molar-refractivity contribution in [2.45, 2.75) is 34.4 Å². The Morgan fingerprint density at radius 1 is 0.852 bits per heavy atom. The number of fused-ring (bicyclic) bond motifs is 1. The normalized spacial score (nSPS) is 11.8. The van der Waals surface area contributed by atoms with Gasteiger partial charge in [0.25, 0.3) is 5.56 Å². The molecule has 142 valence electrons. The fraction of sp³-hybridized carbons (Fsp3) is 0.391. The van der Waals surface area contributed by atoms with Crippen LogP contribution in [0.5, 0.6) is 0 Å². The first kappa shape index (κ1) is 19.3. The van der Waals surface area contributed by atoms with Gasteiger partial charge in [0.05, 0.1) is 17.7 Å². The SMILES string of the molecule is CC(C)CN(CC(C)C)Cn1nc(-c2ccccc2)c2ccccc2c1=O. The number of aromatic nitrogens is 2. The van der Waals surface area contributed by atoms with Crippen LogP contribution in [0.4, 0.5) is 0 Å². The highest BCUT2D eigenvalue weighted by molar-refractivity contribution is 5.93. The molecule has 4 heteroatoms. The highest BCUT2D eigenvalue weighted by Crippen LogP contribution is 2.24. The van der Waals surface area contributed by atoms with Crippen LogP contribution in [0.15, 0.2) is 59.4 Å². The summed E-state index contributed by atoms with van der Waals surface area (Å²) in [7, 11) is 0. The molecule has 0 N–H and O–H groups in total. The summed E-state index contributed by atoms with van der Waals surface area (Å²) in [4.78, 5) is 15.4. The van der Waals surface area contributed by atoms with Crippen LogP contribution in [0.25, 0.3) is 22.0 Å². The average Bonchev–Trinajstić information content (AvgIpc) is 2.64. The lowest BCUT2D eigenvalue weighted by molar-refractivity contribution is 0.163. The smallest absolute Gasteiger partial charge is 0.275 e. The molecule has 27 heavy (non-hydrogen) atoms. The van der Waals surface area contributed by atoms with Gasteiger partial charge in [0.1, 0.15) is 0 Å². The van der Waals surface area contributed by atoms with E-state index in [1.807, 2.05) is 54.6 Å². The van der Waals surface area contributed by atoms with Gasteiger partial charge in [-0.1, -0.05) is 76.2 Å². The standard InChI is InChI=1S/C23H29N3O/c1-17(2)14-25(15-18(3)4)16-26-23(27)21-13-9-8-12-20(21)22(24-26)19-10-6-5-7-11-19/h5-13,17-18H,14-16H2,1-4H3. The minimum atomic E-state index is -0.0252. The first-order valence-electron chi connectivity index (χ1n) is 9.73. The van der Waals surface area contributed by atoms with Crippen molar-refractivity contribution in [3.05, 3.63) is 65.0 Å². The lowest BCUT2D eigenvalue weighted by Crippen LogP contribution is -2.38. The van der Waals surface area contributed by atoms with Gasteiger partial charge < -0.3 is 0 Å². The maximum Gasteiger partial charge on any atom is 0.275 e. The van der Waals surface area contributed by atoms with Crippen LogP contribution in [0.1, 0.15) is 27.7 Å². The van der Waals surface area contributed by atoms with E-state index in [0.717, 1.165) is 35.1 Å². The second-order valence-electron chi connectivity index (χ2n) is 8.03. The molecule has 2 aromatic carbocycles. The van der Waals surface area contributed by atoms with Crippen LogP contribution in [-0.4, -0.2) is 27.8 Å². The topological polar surface area (TPSA) is 38.1 Å². The van der Waals surface area contributed by atoms with Crippen LogP contribution in [-0.2, 0) is 6.67 Å². The summed E-state index contributed by atoms with van der Waals surface area (Å²) < 4.78 is 1.63. The average molecular weight is 364 g/mol. The van der Waals surface area contributed by atoms with E-state index in [2.05, 4.69) is 32.6 Å². The molecule has 4 nitrogen and oxygen atoms in total. The van der Waals surface area contributed by atoms with Crippen molar-refractivity contribution in [2.24, 2.45) is 11.8 Å². The van der Waals surface area contributed by atoms with Gasteiger partial charge in [-0.3, -0.25) is 9.69 Å². The first-order valence-corrected chi connectivity index (χ1v) is 9.73. The maximum absolute atomic E-state index is 13.1. The second kappa shape index (κ2) is 8.49. The van der Waals surface area contributed by atoms with Gasteiger partial charge in [-0.25, -0.2) is 4.68 Å². The minimum Gasteiger partial charge on any atom is -0.284 e. The van der Waals surface area contributed by atoms with Crippen molar-refractivity contribution in [3.8, 4) is 11.3 Å². The van der Waals surface area contributed by atoms with Crippen molar-refractivity contribution in [1.29, 1.82) is 0 Å². The fourth-order valence-electron chi connectivity index (χ4n) is 3.55. The van der Waals surface area contributed by atoms with Crippen LogP contribution in [0, 0.1) is 11.8 Å². The molecule has 0 unspecified atom stereocenters. The summed E-state index contributed by atoms with van der Waals surface area (Å²) >= 11 is 0. The monoisotopic (exact) mass is 363 g/mol. The Hall–Kier alpha value is -2.46. The molecule has 0 fully saturated rings. The van der Waals surface area contributed by atoms with Gasteiger partial charge in [0.15, 0.2) is 0 Å². The predicted octanol–water partition coefficient (Wildman–Crippen LogP) is 4.64.